The van der Waals surface area contributed by atoms with Gasteiger partial charge in [-0.05, 0) is 26.0 Å². The summed E-state index contributed by atoms with van der Waals surface area (Å²) < 4.78 is 7.02. The fourth-order valence-electron chi connectivity index (χ4n) is 1.71. The first kappa shape index (κ1) is 11.0. The van der Waals surface area contributed by atoms with Crippen LogP contribution in [0.4, 0.5) is 0 Å². The highest BCUT2D eigenvalue weighted by atomic mass is 16.3. The summed E-state index contributed by atoms with van der Waals surface area (Å²) in [5, 5.41) is 7.75. The van der Waals surface area contributed by atoms with Crippen LogP contribution in [0.3, 0.4) is 0 Å². The number of nitrogens with zero attached hydrogens (tertiary/aromatic N) is 2. The topological polar surface area (TPSA) is 43.0 Å². The zero-order valence-electron chi connectivity index (χ0n) is 9.73. The lowest BCUT2D eigenvalue weighted by molar-refractivity contribution is 0.535. The zero-order valence-corrected chi connectivity index (χ0v) is 9.73. The molecule has 4 heteroatoms. The van der Waals surface area contributed by atoms with Crippen LogP contribution in [0.25, 0.3) is 0 Å². The van der Waals surface area contributed by atoms with Crippen molar-refractivity contribution in [3.05, 3.63) is 41.6 Å². The van der Waals surface area contributed by atoms with Gasteiger partial charge in [-0.3, -0.25) is 4.68 Å². The second-order valence-electron chi connectivity index (χ2n) is 3.96. The van der Waals surface area contributed by atoms with Gasteiger partial charge < -0.3 is 9.73 Å². The Morgan fingerprint density at radius 3 is 2.94 bits per heavy atom. The Bertz CT molecular complexity index is 431. The standard InChI is InChI=1S/C12H17N3O/c1-10-7-11(2)15(14-10)5-4-13-8-12-3-6-16-9-12/h3,6-7,9,13H,4-5,8H2,1-2H3. The van der Waals surface area contributed by atoms with Gasteiger partial charge in [-0.1, -0.05) is 0 Å². The van der Waals surface area contributed by atoms with Crippen LogP contribution in [0.2, 0.25) is 0 Å². The Kier molecular flexibility index (Phi) is 3.41. The van der Waals surface area contributed by atoms with Gasteiger partial charge in [0.05, 0.1) is 24.8 Å². The van der Waals surface area contributed by atoms with Crippen molar-refractivity contribution in [1.82, 2.24) is 15.1 Å². The maximum atomic E-state index is 4.99. The third-order valence-electron chi connectivity index (χ3n) is 2.51. The van der Waals surface area contributed by atoms with Gasteiger partial charge in [0.2, 0.25) is 0 Å². The quantitative estimate of drug-likeness (QED) is 0.781. The van der Waals surface area contributed by atoms with E-state index in [-0.39, 0.29) is 0 Å². The molecule has 0 unspecified atom stereocenters. The lowest BCUT2D eigenvalue weighted by Crippen LogP contribution is -2.20. The van der Waals surface area contributed by atoms with Crippen LogP contribution in [-0.4, -0.2) is 16.3 Å². The van der Waals surface area contributed by atoms with E-state index in [0.29, 0.717) is 0 Å². The molecule has 0 aliphatic carbocycles. The zero-order chi connectivity index (χ0) is 11.4. The molecule has 0 bridgehead atoms. The van der Waals surface area contributed by atoms with E-state index in [4.69, 9.17) is 4.42 Å². The molecule has 0 saturated heterocycles. The Morgan fingerprint density at radius 1 is 1.44 bits per heavy atom. The number of aromatic nitrogens is 2. The van der Waals surface area contributed by atoms with E-state index >= 15 is 0 Å². The second-order valence-corrected chi connectivity index (χ2v) is 3.96. The summed E-state index contributed by atoms with van der Waals surface area (Å²) in [7, 11) is 0. The van der Waals surface area contributed by atoms with Gasteiger partial charge in [0, 0.05) is 24.3 Å². The van der Waals surface area contributed by atoms with Crippen LogP contribution in [0.15, 0.2) is 29.1 Å². The normalized spacial score (nSPS) is 10.9. The van der Waals surface area contributed by atoms with E-state index < -0.39 is 0 Å². The molecule has 4 nitrogen and oxygen atoms in total. The van der Waals surface area contributed by atoms with Crippen molar-refractivity contribution >= 4 is 0 Å². The Labute approximate surface area is 95.3 Å². The van der Waals surface area contributed by atoms with E-state index in [1.54, 1.807) is 12.5 Å². The molecule has 0 aliphatic heterocycles. The summed E-state index contributed by atoms with van der Waals surface area (Å²) in [4.78, 5) is 0. The third-order valence-corrected chi connectivity index (χ3v) is 2.51. The van der Waals surface area contributed by atoms with Gasteiger partial charge in [0.25, 0.3) is 0 Å². The first-order valence-corrected chi connectivity index (χ1v) is 5.48. The average Bonchev–Trinajstić information content (AvgIpc) is 2.84. The number of nitrogens with one attached hydrogen (secondary N) is 1. The van der Waals surface area contributed by atoms with Gasteiger partial charge in [-0.25, -0.2) is 0 Å². The summed E-state index contributed by atoms with van der Waals surface area (Å²) in [6.45, 7) is 6.75. The molecular weight excluding hydrogens is 202 g/mol. The van der Waals surface area contributed by atoms with Crippen LogP contribution in [-0.2, 0) is 13.1 Å². The summed E-state index contributed by atoms with van der Waals surface area (Å²) in [6, 6.07) is 4.06. The Morgan fingerprint density at radius 2 is 2.31 bits per heavy atom. The van der Waals surface area contributed by atoms with Gasteiger partial charge >= 0.3 is 0 Å². The van der Waals surface area contributed by atoms with E-state index in [9.17, 15) is 0 Å². The minimum atomic E-state index is 0.843. The Balaban J connectivity index is 1.74. The van der Waals surface area contributed by atoms with Gasteiger partial charge in [-0.2, -0.15) is 5.10 Å². The lowest BCUT2D eigenvalue weighted by atomic mass is 10.3. The molecule has 86 valence electrons. The molecule has 0 fully saturated rings. The van der Waals surface area contributed by atoms with Gasteiger partial charge in [0.15, 0.2) is 0 Å². The lowest BCUT2D eigenvalue weighted by Gasteiger charge is -2.05. The van der Waals surface area contributed by atoms with E-state index in [2.05, 4.69) is 23.4 Å². The Hall–Kier alpha value is -1.55. The van der Waals surface area contributed by atoms with Crippen LogP contribution < -0.4 is 5.32 Å². The molecule has 2 aromatic heterocycles. The molecular formula is C12H17N3O. The molecule has 0 spiro atoms. The molecule has 0 aliphatic rings. The van der Waals surface area contributed by atoms with Crippen molar-refractivity contribution in [3.8, 4) is 0 Å². The van der Waals surface area contributed by atoms with Crippen molar-refractivity contribution in [3.63, 3.8) is 0 Å². The highest BCUT2D eigenvalue weighted by Crippen LogP contribution is 2.01. The van der Waals surface area contributed by atoms with Crippen molar-refractivity contribution in [1.29, 1.82) is 0 Å². The maximum Gasteiger partial charge on any atom is 0.0947 e. The maximum absolute atomic E-state index is 4.99. The average molecular weight is 219 g/mol. The number of hydrogen-bond acceptors (Lipinski definition) is 3. The monoisotopic (exact) mass is 219 g/mol. The van der Waals surface area contributed by atoms with Crippen LogP contribution in [0.5, 0.6) is 0 Å². The third kappa shape index (κ3) is 2.73. The smallest absolute Gasteiger partial charge is 0.0947 e. The number of furan rings is 1. The minimum absolute atomic E-state index is 0.843. The van der Waals surface area contributed by atoms with Gasteiger partial charge in [0.1, 0.15) is 0 Å². The first-order chi connectivity index (χ1) is 7.75. The SMILES string of the molecule is Cc1cc(C)n(CCNCc2ccoc2)n1. The summed E-state index contributed by atoms with van der Waals surface area (Å²) >= 11 is 0. The fourth-order valence-corrected chi connectivity index (χ4v) is 1.71. The molecule has 2 aromatic rings. The van der Waals surface area contributed by atoms with Crippen molar-refractivity contribution in [2.45, 2.75) is 26.9 Å². The van der Waals surface area contributed by atoms with Crippen molar-refractivity contribution < 1.29 is 4.42 Å². The molecule has 0 aromatic carbocycles. The van der Waals surface area contributed by atoms with Crippen LogP contribution >= 0.6 is 0 Å². The van der Waals surface area contributed by atoms with Gasteiger partial charge in [-0.15, -0.1) is 0 Å². The van der Waals surface area contributed by atoms with Crippen molar-refractivity contribution in [2.75, 3.05) is 6.54 Å². The molecule has 2 heterocycles. The molecule has 16 heavy (non-hydrogen) atoms. The number of aryl methyl sites for hydroxylation is 2. The second kappa shape index (κ2) is 4.99. The molecule has 1 N–H and O–H groups in total. The molecule has 0 atom stereocenters. The predicted molar refractivity (Wildman–Crippen MR) is 62.1 cm³/mol. The van der Waals surface area contributed by atoms with Crippen molar-refractivity contribution in [2.24, 2.45) is 0 Å². The molecule has 0 radical (unpaired) electrons. The fraction of sp³-hybridized carbons (Fsp3) is 0.417. The largest absolute Gasteiger partial charge is 0.472 e. The van der Waals surface area contributed by atoms with E-state index in [1.165, 1.54) is 11.3 Å². The van der Waals surface area contributed by atoms with E-state index in [1.807, 2.05) is 17.7 Å². The summed E-state index contributed by atoms with van der Waals surface area (Å²) in [5.41, 5.74) is 3.46. The van der Waals surface area contributed by atoms with Crippen LogP contribution in [0, 0.1) is 13.8 Å². The molecule has 2 rings (SSSR count). The van der Waals surface area contributed by atoms with Crippen LogP contribution in [0.1, 0.15) is 17.0 Å². The van der Waals surface area contributed by atoms with E-state index in [0.717, 1.165) is 25.3 Å². The predicted octanol–water partition coefficient (Wildman–Crippen LogP) is 1.88. The summed E-state index contributed by atoms with van der Waals surface area (Å²) in [6.07, 6.45) is 3.45. The number of rotatable bonds is 5. The first-order valence-electron chi connectivity index (χ1n) is 5.48. The number of hydrogen-bond donors (Lipinski definition) is 1. The summed E-state index contributed by atoms with van der Waals surface area (Å²) in [5.74, 6) is 0. The highest BCUT2D eigenvalue weighted by Gasteiger charge is 2.00. The minimum Gasteiger partial charge on any atom is -0.472 e. The molecule has 0 saturated carbocycles. The highest BCUT2D eigenvalue weighted by molar-refractivity contribution is 5.06. The molecule has 0 amide bonds.